The lowest BCUT2D eigenvalue weighted by atomic mass is 9.77. The largest absolute Gasteiger partial charge is 0.549 e. The van der Waals surface area contributed by atoms with Crippen molar-refractivity contribution in [2.75, 3.05) is 0 Å². The second-order valence-corrected chi connectivity index (χ2v) is 2.80. The molecule has 0 aliphatic heterocycles. The van der Waals surface area contributed by atoms with Gasteiger partial charge in [0.1, 0.15) is 17.0 Å². The average Bonchev–Trinajstić information content (AvgIpc) is 1.97. The van der Waals surface area contributed by atoms with E-state index in [2.05, 4.69) is 6.58 Å². The third-order valence-corrected chi connectivity index (χ3v) is 2.00. The first-order valence-corrected chi connectivity index (χ1v) is 3.74. The van der Waals surface area contributed by atoms with E-state index in [1.807, 2.05) is 0 Å². The van der Waals surface area contributed by atoms with Gasteiger partial charge in [-0.25, -0.2) is 0 Å². The van der Waals surface area contributed by atoms with Crippen molar-refractivity contribution < 1.29 is 19.5 Å². The van der Waals surface area contributed by atoms with Crippen LogP contribution in [0.3, 0.4) is 0 Å². The number of hydrogen-bond donors (Lipinski definition) is 0. The van der Waals surface area contributed by atoms with E-state index >= 15 is 0 Å². The number of hydrogen-bond acceptors (Lipinski definition) is 4. The molecule has 0 heterocycles. The van der Waals surface area contributed by atoms with Gasteiger partial charge in [-0.3, -0.25) is 9.59 Å². The SMILES string of the molecule is C=CCC(C(C)=O)(C(C)=O)C(=O)[O-]. The summed E-state index contributed by atoms with van der Waals surface area (Å²) in [6.07, 6.45) is 0.999. The maximum atomic E-state index is 11.0. The molecule has 0 unspecified atom stereocenters. The fourth-order valence-corrected chi connectivity index (χ4v) is 1.12. The van der Waals surface area contributed by atoms with Crippen LogP contribution in [0.5, 0.6) is 0 Å². The molecule has 0 bridgehead atoms. The monoisotopic (exact) mass is 183 g/mol. The van der Waals surface area contributed by atoms with Crippen molar-refractivity contribution in [3.8, 4) is 0 Å². The molecule has 0 aromatic rings. The molecule has 0 aromatic carbocycles. The topological polar surface area (TPSA) is 74.3 Å². The summed E-state index contributed by atoms with van der Waals surface area (Å²) in [5.41, 5.74) is -2.04. The fourth-order valence-electron chi connectivity index (χ4n) is 1.12. The molecule has 0 radical (unpaired) electrons. The van der Waals surface area contributed by atoms with Crippen LogP contribution in [0.2, 0.25) is 0 Å². The molecule has 0 N–H and O–H groups in total. The smallest absolute Gasteiger partial charge is 0.149 e. The summed E-state index contributed by atoms with van der Waals surface area (Å²) in [6.45, 7) is 5.41. The van der Waals surface area contributed by atoms with Crippen LogP contribution in [0.25, 0.3) is 0 Å². The van der Waals surface area contributed by atoms with Gasteiger partial charge in [-0.2, -0.15) is 0 Å². The van der Waals surface area contributed by atoms with Crippen LogP contribution in [-0.2, 0) is 14.4 Å². The van der Waals surface area contributed by atoms with Gasteiger partial charge >= 0.3 is 0 Å². The first-order chi connectivity index (χ1) is 5.89. The summed E-state index contributed by atoms with van der Waals surface area (Å²) in [4.78, 5) is 32.8. The van der Waals surface area contributed by atoms with Crippen LogP contribution >= 0.6 is 0 Å². The first kappa shape index (κ1) is 11.6. The highest BCUT2D eigenvalue weighted by atomic mass is 16.4. The average molecular weight is 183 g/mol. The summed E-state index contributed by atoms with van der Waals surface area (Å²) in [5, 5.41) is 10.7. The summed E-state index contributed by atoms with van der Waals surface area (Å²) >= 11 is 0. The molecule has 72 valence electrons. The lowest BCUT2D eigenvalue weighted by Gasteiger charge is -2.27. The van der Waals surface area contributed by atoms with Gasteiger partial charge in [-0.1, -0.05) is 6.08 Å². The quantitative estimate of drug-likeness (QED) is 0.424. The van der Waals surface area contributed by atoms with Crippen molar-refractivity contribution in [1.82, 2.24) is 0 Å². The van der Waals surface area contributed by atoms with E-state index in [1.165, 1.54) is 6.08 Å². The van der Waals surface area contributed by atoms with Crippen molar-refractivity contribution in [2.24, 2.45) is 5.41 Å². The van der Waals surface area contributed by atoms with Gasteiger partial charge in [0.15, 0.2) is 0 Å². The minimum Gasteiger partial charge on any atom is -0.549 e. The van der Waals surface area contributed by atoms with Gasteiger partial charge in [0.05, 0.1) is 5.97 Å². The highest BCUT2D eigenvalue weighted by Gasteiger charge is 2.40. The standard InChI is InChI=1S/C9H12O4/c1-4-5-9(6(2)10,7(3)11)8(12)13/h4H,1,5H2,2-3H3,(H,12,13)/p-1. The number of allylic oxidation sites excluding steroid dienone is 1. The lowest BCUT2D eigenvalue weighted by Crippen LogP contribution is -2.51. The van der Waals surface area contributed by atoms with Crippen molar-refractivity contribution in [1.29, 1.82) is 0 Å². The fraction of sp³-hybridized carbons (Fsp3) is 0.444. The van der Waals surface area contributed by atoms with Gasteiger partial charge < -0.3 is 9.90 Å². The molecule has 0 aliphatic rings. The van der Waals surface area contributed by atoms with E-state index in [0.717, 1.165) is 13.8 Å². The van der Waals surface area contributed by atoms with E-state index in [1.54, 1.807) is 0 Å². The predicted molar refractivity (Wildman–Crippen MR) is 43.6 cm³/mol. The molecule has 0 fully saturated rings. The van der Waals surface area contributed by atoms with Gasteiger partial charge in [0.25, 0.3) is 0 Å². The van der Waals surface area contributed by atoms with Crippen molar-refractivity contribution in [3.63, 3.8) is 0 Å². The zero-order valence-corrected chi connectivity index (χ0v) is 7.62. The number of Topliss-reactive ketones (excluding diaryl/α,β-unsaturated/α-hetero) is 2. The molecule has 0 aromatic heterocycles. The highest BCUT2D eigenvalue weighted by Crippen LogP contribution is 2.24. The van der Waals surface area contributed by atoms with Crippen molar-refractivity contribution in [3.05, 3.63) is 12.7 Å². The van der Waals surface area contributed by atoms with E-state index < -0.39 is 23.0 Å². The Hall–Kier alpha value is -1.45. The normalized spacial score (nSPS) is 10.6. The van der Waals surface area contributed by atoms with E-state index in [-0.39, 0.29) is 6.42 Å². The van der Waals surface area contributed by atoms with Crippen LogP contribution in [-0.4, -0.2) is 17.5 Å². The molecular weight excluding hydrogens is 172 g/mol. The van der Waals surface area contributed by atoms with Gasteiger partial charge in [-0.05, 0) is 20.3 Å². The van der Waals surface area contributed by atoms with E-state index in [4.69, 9.17) is 0 Å². The Kier molecular flexibility index (Phi) is 3.54. The molecule has 0 atom stereocenters. The van der Waals surface area contributed by atoms with E-state index in [0.29, 0.717) is 0 Å². The number of aliphatic carboxylic acids is 1. The Morgan fingerprint density at radius 3 is 1.77 bits per heavy atom. The molecule has 4 nitrogen and oxygen atoms in total. The Morgan fingerprint density at radius 1 is 1.31 bits per heavy atom. The van der Waals surface area contributed by atoms with Crippen LogP contribution in [0.15, 0.2) is 12.7 Å². The van der Waals surface area contributed by atoms with Crippen molar-refractivity contribution in [2.45, 2.75) is 20.3 Å². The molecule has 0 saturated carbocycles. The molecule has 0 spiro atoms. The molecule has 0 saturated heterocycles. The van der Waals surface area contributed by atoms with Crippen LogP contribution in [0, 0.1) is 5.41 Å². The van der Waals surface area contributed by atoms with Gasteiger partial charge in [0, 0.05) is 0 Å². The summed E-state index contributed by atoms with van der Waals surface area (Å²) in [5.74, 6) is -3.10. The molecule has 13 heavy (non-hydrogen) atoms. The zero-order chi connectivity index (χ0) is 10.6. The van der Waals surface area contributed by atoms with Crippen LogP contribution in [0.4, 0.5) is 0 Å². The number of carbonyl (C=O) groups is 3. The van der Waals surface area contributed by atoms with Crippen molar-refractivity contribution >= 4 is 17.5 Å². The minimum atomic E-state index is -2.04. The van der Waals surface area contributed by atoms with Gasteiger partial charge in [-0.15, -0.1) is 6.58 Å². The predicted octanol–water partition coefficient (Wildman–Crippen LogP) is -0.523. The molecule has 0 amide bonds. The number of rotatable bonds is 5. The highest BCUT2D eigenvalue weighted by molar-refractivity contribution is 6.20. The summed E-state index contributed by atoms with van der Waals surface area (Å²) in [7, 11) is 0. The number of carbonyl (C=O) groups excluding carboxylic acids is 3. The molecular formula is C9H11O4-. The Morgan fingerprint density at radius 2 is 1.69 bits per heavy atom. The molecule has 4 heteroatoms. The second kappa shape index (κ2) is 3.98. The Bertz CT molecular complexity index is 229. The second-order valence-electron chi connectivity index (χ2n) is 2.80. The number of ketones is 2. The third-order valence-electron chi connectivity index (χ3n) is 2.00. The van der Waals surface area contributed by atoms with Crippen LogP contribution in [0.1, 0.15) is 20.3 Å². The molecule has 0 rings (SSSR count). The summed E-state index contributed by atoms with van der Waals surface area (Å²) < 4.78 is 0. The number of carboxylic acids is 1. The summed E-state index contributed by atoms with van der Waals surface area (Å²) in [6, 6.07) is 0. The van der Waals surface area contributed by atoms with E-state index in [9.17, 15) is 19.5 Å². The van der Waals surface area contributed by atoms with Crippen LogP contribution < -0.4 is 5.11 Å². The first-order valence-electron chi connectivity index (χ1n) is 3.74. The maximum absolute atomic E-state index is 11.0. The zero-order valence-electron chi connectivity index (χ0n) is 7.62. The number of carboxylic acid groups (broad SMARTS) is 1. The minimum absolute atomic E-state index is 0.222. The lowest BCUT2D eigenvalue weighted by molar-refractivity contribution is -0.314. The Balaban J connectivity index is 5.29. The molecule has 0 aliphatic carbocycles. The third kappa shape index (κ3) is 1.83. The van der Waals surface area contributed by atoms with Gasteiger partial charge in [0.2, 0.25) is 0 Å². The maximum Gasteiger partial charge on any atom is 0.149 e. The Labute approximate surface area is 76.2 Å².